The minimum atomic E-state index is -1.14. The molecule has 1 amide bonds. The summed E-state index contributed by atoms with van der Waals surface area (Å²) >= 11 is 0. The standard InChI is InChI=1S/C10H10N2O4/c1-12-7-5(4-6(16-7)8(13)14)11-9(15)10(12)2-3-10/h4H,2-3H2,1H3,(H,11,15)(H,13,14). The molecule has 1 aromatic heterocycles. The molecule has 0 bridgehead atoms. The predicted octanol–water partition coefficient (Wildman–Crippen LogP) is 0.899. The lowest BCUT2D eigenvalue weighted by Crippen LogP contribution is -2.47. The third-order valence-corrected chi connectivity index (χ3v) is 3.26. The number of carboxylic acid groups (broad SMARTS) is 1. The fraction of sp³-hybridized carbons (Fsp3) is 0.400. The van der Waals surface area contributed by atoms with Crippen LogP contribution in [-0.4, -0.2) is 29.6 Å². The van der Waals surface area contributed by atoms with E-state index in [1.165, 1.54) is 6.07 Å². The first-order valence-corrected chi connectivity index (χ1v) is 4.97. The summed E-state index contributed by atoms with van der Waals surface area (Å²) in [4.78, 5) is 24.3. The highest BCUT2D eigenvalue weighted by molar-refractivity contribution is 6.08. The second-order valence-electron chi connectivity index (χ2n) is 4.18. The van der Waals surface area contributed by atoms with Gasteiger partial charge < -0.3 is 19.7 Å². The van der Waals surface area contributed by atoms with Crippen LogP contribution in [0.15, 0.2) is 10.5 Å². The molecule has 0 aromatic carbocycles. The number of hydrogen-bond donors (Lipinski definition) is 2. The average molecular weight is 222 g/mol. The molecule has 16 heavy (non-hydrogen) atoms. The zero-order chi connectivity index (χ0) is 11.5. The lowest BCUT2D eigenvalue weighted by Gasteiger charge is -2.31. The summed E-state index contributed by atoms with van der Waals surface area (Å²) in [7, 11) is 1.75. The lowest BCUT2D eigenvalue weighted by molar-refractivity contribution is -0.118. The van der Waals surface area contributed by atoms with Crippen LogP contribution in [0.1, 0.15) is 23.4 Å². The maximum Gasteiger partial charge on any atom is 0.371 e. The Balaban J connectivity index is 2.09. The third-order valence-electron chi connectivity index (χ3n) is 3.26. The molecule has 0 unspecified atom stereocenters. The van der Waals surface area contributed by atoms with E-state index < -0.39 is 11.5 Å². The molecule has 2 aliphatic rings. The van der Waals surface area contributed by atoms with Crippen LogP contribution in [0, 0.1) is 0 Å². The van der Waals surface area contributed by atoms with Crippen LogP contribution in [0.4, 0.5) is 11.6 Å². The van der Waals surface area contributed by atoms with E-state index in [-0.39, 0.29) is 11.7 Å². The Morgan fingerprint density at radius 3 is 2.88 bits per heavy atom. The first-order valence-electron chi connectivity index (χ1n) is 4.97. The Morgan fingerprint density at radius 2 is 2.31 bits per heavy atom. The summed E-state index contributed by atoms with van der Waals surface area (Å²) in [5.74, 6) is -0.952. The highest BCUT2D eigenvalue weighted by Gasteiger charge is 2.57. The molecule has 2 N–H and O–H groups in total. The number of rotatable bonds is 1. The van der Waals surface area contributed by atoms with Gasteiger partial charge in [-0.05, 0) is 12.8 Å². The zero-order valence-electron chi connectivity index (χ0n) is 8.61. The number of carboxylic acids is 1. The maximum absolute atomic E-state index is 11.8. The maximum atomic E-state index is 11.8. The van der Waals surface area contributed by atoms with Crippen molar-refractivity contribution >= 4 is 23.4 Å². The van der Waals surface area contributed by atoms with Gasteiger partial charge in [0.25, 0.3) is 0 Å². The molecular weight excluding hydrogens is 212 g/mol. The fourth-order valence-corrected chi connectivity index (χ4v) is 2.09. The largest absolute Gasteiger partial charge is 0.475 e. The van der Waals surface area contributed by atoms with Crippen LogP contribution in [0.25, 0.3) is 0 Å². The number of carbonyl (C=O) groups is 2. The van der Waals surface area contributed by atoms with E-state index >= 15 is 0 Å². The Morgan fingerprint density at radius 1 is 1.62 bits per heavy atom. The summed E-state index contributed by atoms with van der Waals surface area (Å²) in [6.45, 7) is 0. The summed E-state index contributed by atoms with van der Waals surface area (Å²) in [5.41, 5.74) is -0.0805. The minimum Gasteiger partial charge on any atom is -0.475 e. The topological polar surface area (TPSA) is 82.8 Å². The Bertz CT molecular complexity index is 501. The van der Waals surface area contributed by atoms with Crippen molar-refractivity contribution in [1.29, 1.82) is 0 Å². The van der Waals surface area contributed by atoms with Crippen molar-refractivity contribution in [3.63, 3.8) is 0 Å². The molecule has 1 fully saturated rings. The predicted molar refractivity (Wildman–Crippen MR) is 54.7 cm³/mol. The van der Waals surface area contributed by atoms with Crippen molar-refractivity contribution in [2.45, 2.75) is 18.4 Å². The number of nitrogens with one attached hydrogen (secondary N) is 1. The molecule has 2 heterocycles. The van der Waals surface area contributed by atoms with E-state index in [1.54, 1.807) is 11.9 Å². The number of fused-ring (bicyclic) bond motifs is 1. The number of amides is 1. The van der Waals surface area contributed by atoms with Crippen LogP contribution in [-0.2, 0) is 4.79 Å². The quantitative estimate of drug-likeness (QED) is 0.737. The Labute approximate surface area is 90.8 Å². The monoisotopic (exact) mass is 222 g/mol. The summed E-state index contributed by atoms with van der Waals surface area (Å²) in [6.07, 6.45) is 1.55. The fourth-order valence-electron chi connectivity index (χ4n) is 2.09. The molecule has 6 heteroatoms. The Hall–Kier alpha value is -1.98. The SMILES string of the molecule is CN1c2oc(C(=O)O)cc2NC(=O)C12CC2. The van der Waals surface area contributed by atoms with E-state index in [0.717, 1.165) is 12.8 Å². The van der Waals surface area contributed by atoms with Gasteiger partial charge in [0, 0.05) is 13.1 Å². The zero-order valence-corrected chi connectivity index (χ0v) is 8.61. The van der Waals surface area contributed by atoms with Crippen LogP contribution in [0.5, 0.6) is 0 Å². The average Bonchev–Trinajstić information content (AvgIpc) is 2.91. The molecular formula is C10H10N2O4. The first kappa shape index (κ1) is 9.26. The summed E-state index contributed by atoms with van der Waals surface area (Å²) in [6, 6.07) is 1.33. The molecule has 6 nitrogen and oxygen atoms in total. The Kier molecular flexibility index (Phi) is 1.49. The summed E-state index contributed by atoms with van der Waals surface area (Å²) < 4.78 is 5.22. The molecule has 1 aromatic rings. The molecule has 1 saturated carbocycles. The molecule has 0 atom stereocenters. The second kappa shape index (κ2) is 2.58. The van der Waals surface area contributed by atoms with Gasteiger partial charge >= 0.3 is 5.97 Å². The van der Waals surface area contributed by atoms with Gasteiger partial charge in [-0.3, -0.25) is 4.79 Å². The highest BCUT2D eigenvalue weighted by atomic mass is 16.4. The number of nitrogens with zero attached hydrogens (tertiary/aromatic N) is 1. The van der Waals surface area contributed by atoms with Gasteiger partial charge in [-0.25, -0.2) is 4.79 Å². The van der Waals surface area contributed by atoms with Crippen molar-refractivity contribution in [2.24, 2.45) is 0 Å². The molecule has 1 spiro atoms. The number of aromatic carboxylic acids is 1. The molecule has 84 valence electrons. The van der Waals surface area contributed by atoms with Crippen molar-refractivity contribution in [3.8, 4) is 0 Å². The van der Waals surface area contributed by atoms with Gasteiger partial charge in [-0.1, -0.05) is 0 Å². The number of furan rings is 1. The van der Waals surface area contributed by atoms with Crippen LogP contribution >= 0.6 is 0 Å². The molecule has 0 saturated heterocycles. The number of carbonyl (C=O) groups excluding carboxylic acids is 1. The van der Waals surface area contributed by atoms with Gasteiger partial charge in [-0.15, -0.1) is 0 Å². The number of hydrogen-bond acceptors (Lipinski definition) is 4. The normalized spacial score (nSPS) is 20.6. The third kappa shape index (κ3) is 0.959. The van der Waals surface area contributed by atoms with E-state index in [9.17, 15) is 9.59 Å². The van der Waals surface area contributed by atoms with E-state index in [2.05, 4.69) is 5.32 Å². The first-order chi connectivity index (χ1) is 7.54. The van der Waals surface area contributed by atoms with E-state index in [1.807, 2.05) is 0 Å². The minimum absolute atomic E-state index is 0.0831. The lowest BCUT2D eigenvalue weighted by atomic mass is 10.1. The van der Waals surface area contributed by atoms with Gasteiger partial charge in [0.15, 0.2) is 0 Å². The van der Waals surface area contributed by atoms with Crippen LogP contribution in [0.3, 0.4) is 0 Å². The molecule has 1 aliphatic carbocycles. The van der Waals surface area contributed by atoms with Gasteiger partial charge in [0.1, 0.15) is 11.2 Å². The van der Waals surface area contributed by atoms with Gasteiger partial charge in [-0.2, -0.15) is 0 Å². The summed E-state index contributed by atoms with van der Waals surface area (Å²) in [5, 5.41) is 11.5. The molecule has 1 aliphatic heterocycles. The molecule has 0 radical (unpaired) electrons. The van der Waals surface area contributed by atoms with Crippen molar-refractivity contribution in [3.05, 3.63) is 11.8 Å². The number of anilines is 2. The molecule has 3 rings (SSSR count). The van der Waals surface area contributed by atoms with E-state index in [0.29, 0.717) is 11.6 Å². The van der Waals surface area contributed by atoms with Crippen molar-refractivity contribution in [2.75, 3.05) is 17.3 Å². The second-order valence-corrected chi connectivity index (χ2v) is 4.18. The van der Waals surface area contributed by atoms with E-state index in [4.69, 9.17) is 9.52 Å². The number of likely N-dealkylation sites (N-methyl/N-ethyl adjacent to an activating group) is 1. The van der Waals surface area contributed by atoms with Crippen molar-refractivity contribution < 1.29 is 19.1 Å². The van der Waals surface area contributed by atoms with Gasteiger partial charge in [0.2, 0.25) is 17.6 Å². The van der Waals surface area contributed by atoms with Crippen LogP contribution < -0.4 is 10.2 Å². The highest BCUT2D eigenvalue weighted by Crippen LogP contribution is 2.49. The van der Waals surface area contributed by atoms with Gasteiger partial charge in [0.05, 0.1) is 0 Å². The van der Waals surface area contributed by atoms with Crippen LogP contribution in [0.2, 0.25) is 0 Å². The smallest absolute Gasteiger partial charge is 0.371 e. The van der Waals surface area contributed by atoms with Crippen molar-refractivity contribution in [1.82, 2.24) is 0 Å².